The van der Waals surface area contributed by atoms with Gasteiger partial charge < -0.3 is 4.74 Å². The Morgan fingerprint density at radius 2 is 1.25 bits per heavy atom. The van der Waals surface area contributed by atoms with Crippen LogP contribution in [-0.4, -0.2) is 13.3 Å². The molecule has 118 valence electrons. The Balaban J connectivity index is 1.65. The van der Waals surface area contributed by atoms with Crippen LogP contribution in [0.4, 0.5) is 17.1 Å². The van der Waals surface area contributed by atoms with Gasteiger partial charge in [-0.15, -0.1) is 0 Å². The molecule has 4 nitrogen and oxygen atoms in total. The van der Waals surface area contributed by atoms with E-state index in [9.17, 15) is 0 Å². The van der Waals surface area contributed by atoms with Gasteiger partial charge >= 0.3 is 0 Å². The topological polar surface area (TPSA) is 46.3 Å². The van der Waals surface area contributed by atoms with Crippen molar-refractivity contribution in [2.75, 3.05) is 7.11 Å². The average molecular weight is 315 g/mol. The van der Waals surface area contributed by atoms with Crippen LogP contribution in [0.3, 0.4) is 0 Å². The van der Waals surface area contributed by atoms with Crippen molar-refractivity contribution in [3.63, 3.8) is 0 Å². The minimum Gasteiger partial charge on any atom is -0.497 e. The van der Waals surface area contributed by atoms with Gasteiger partial charge in [0.05, 0.1) is 24.2 Å². The van der Waals surface area contributed by atoms with Crippen molar-refractivity contribution < 1.29 is 4.74 Å². The molecule has 3 aromatic rings. The summed E-state index contributed by atoms with van der Waals surface area (Å²) in [5.41, 5.74) is 3.51. The van der Waals surface area contributed by atoms with Gasteiger partial charge in [-0.25, -0.2) is 0 Å². The molecule has 0 aromatic heterocycles. The lowest BCUT2D eigenvalue weighted by Gasteiger charge is -1.99. The molecule has 0 amide bonds. The number of aliphatic imine (C=N–C) groups is 1. The third-order valence-corrected chi connectivity index (χ3v) is 3.37. The zero-order chi connectivity index (χ0) is 16.6. The lowest BCUT2D eigenvalue weighted by molar-refractivity contribution is 0.415. The molecule has 0 aliphatic rings. The fourth-order valence-corrected chi connectivity index (χ4v) is 2.05. The number of rotatable bonds is 5. The lowest BCUT2D eigenvalue weighted by Crippen LogP contribution is -1.84. The zero-order valence-corrected chi connectivity index (χ0v) is 13.3. The van der Waals surface area contributed by atoms with Crippen LogP contribution < -0.4 is 4.74 Å². The highest BCUT2D eigenvalue weighted by atomic mass is 16.5. The number of nitrogens with zero attached hydrogens (tertiary/aromatic N) is 3. The number of methoxy groups -OCH3 is 1. The maximum absolute atomic E-state index is 5.14. The van der Waals surface area contributed by atoms with Crippen LogP contribution >= 0.6 is 0 Å². The molecule has 0 radical (unpaired) electrons. The first-order valence-electron chi connectivity index (χ1n) is 7.58. The van der Waals surface area contributed by atoms with Crippen molar-refractivity contribution in [3.05, 3.63) is 84.4 Å². The van der Waals surface area contributed by atoms with E-state index >= 15 is 0 Å². The van der Waals surface area contributed by atoms with Gasteiger partial charge in [-0.3, -0.25) is 4.99 Å². The van der Waals surface area contributed by atoms with Crippen LogP contribution in [0.5, 0.6) is 5.75 Å². The van der Waals surface area contributed by atoms with Crippen LogP contribution in [0.25, 0.3) is 0 Å². The molecular weight excluding hydrogens is 298 g/mol. The second-order valence-corrected chi connectivity index (χ2v) is 5.08. The summed E-state index contributed by atoms with van der Waals surface area (Å²) >= 11 is 0. The number of benzene rings is 3. The predicted octanol–water partition coefficient (Wildman–Crippen LogP) is 5.86. The highest BCUT2D eigenvalue weighted by Crippen LogP contribution is 2.21. The molecule has 0 N–H and O–H groups in total. The fourth-order valence-electron chi connectivity index (χ4n) is 2.05. The molecule has 0 heterocycles. The van der Waals surface area contributed by atoms with E-state index in [0.717, 1.165) is 28.4 Å². The highest BCUT2D eigenvalue weighted by Gasteiger charge is 1.94. The fraction of sp³-hybridized carbons (Fsp3) is 0.0500. The highest BCUT2D eigenvalue weighted by molar-refractivity contribution is 5.82. The van der Waals surface area contributed by atoms with Gasteiger partial charge in [0.1, 0.15) is 5.75 Å². The van der Waals surface area contributed by atoms with Crippen LogP contribution in [0.2, 0.25) is 0 Å². The van der Waals surface area contributed by atoms with Crippen molar-refractivity contribution in [1.82, 2.24) is 0 Å². The van der Waals surface area contributed by atoms with Crippen molar-refractivity contribution in [2.24, 2.45) is 15.2 Å². The largest absolute Gasteiger partial charge is 0.497 e. The third kappa shape index (κ3) is 4.36. The minimum absolute atomic E-state index is 0.794. The Labute approximate surface area is 141 Å². The second-order valence-electron chi connectivity index (χ2n) is 5.08. The van der Waals surface area contributed by atoms with Crippen LogP contribution in [0.15, 0.2) is 94.1 Å². The maximum Gasteiger partial charge on any atom is 0.118 e. The molecule has 0 atom stereocenters. The first-order valence-corrected chi connectivity index (χ1v) is 7.58. The quantitative estimate of drug-likeness (QED) is 0.429. The summed E-state index contributed by atoms with van der Waals surface area (Å²) in [6, 6.07) is 25.0. The van der Waals surface area contributed by atoms with Crippen LogP contribution in [0.1, 0.15) is 5.56 Å². The van der Waals surface area contributed by atoms with Crippen molar-refractivity contribution in [3.8, 4) is 5.75 Å². The molecular formula is C20H17N3O. The smallest absolute Gasteiger partial charge is 0.118 e. The molecule has 0 saturated carbocycles. The lowest BCUT2D eigenvalue weighted by atomic mass is 10.2. The SMILES string of the molecule is COc1ccc(/C=N/c2ccc(/N=N/c3ccccc3)cc2)cc1. The van der Waals surface area contributed by atoms with Gasteiger partial charge in [0.25, 0.3) is 0 Å². The summed E-state index contributed by atoms with van der Waals surface area (Å²) in [5.74, 6) is 0.834. The van der Waals surface area contributed by atoms with E-state index in [4.69, 9.17) is 4.74 Å². The molecule has 4 heteroatoms. The number of hydrogen-bond acceptors (Lipinski definition) is 4. The van der Waals surface area contributed by atoms with E-state index < -0.39 is 0 Å². The van der Waals surface area contributed by atoms with E-state index in [1.807, 2.05) is 85.1 Å². The Bertz CT molecular complexity index is 823. The van der Waals surface area contributed by atoms with Gasteiger partial charge in [-0.2, -0.15) is 10.2 Å². The summed E-state index contributed by atoms with van der Waals surface area (Å²) in [5, 5.41) is 8.40. The Morgan fingerprint density at radius 3 is 1.88 bits per heavy atom. The third-order valence-electron chi connectivity index (χ3n) is 3.37. The Hall–Kier alpha value is -3.27. The van der Waals surface area contributed by atoms with Crippen LogP contribution in [-0.2, 0) is 0 Å². The van der Waals surface area contributed by atoms with Gasteiger partial charge in [0.15, 0.2) is 0 Å². The Morgan fingerprint density at radius 1 is 0.667 bits per heavy atom. The molecule has 0 bridgehead atoms. The van der Waals surface area contributed by atoms with Crippen LogP contribution in [0, 0.1) is 0 Å². The first-order chi connectivity index (χ1) is 11.8. The monoisotopic (exact) mass is 315 g/mol. The van der Waals surface area contributed by atoms with E-state index in [0.29, 0.717) is 0 Å². The minimum atomic E-state index is 0.794. The van der Waals surface area contributed by atoms with Gasteiger partial charge in [-0.1, -0.05) is 18.2 Å². The maximum atomic E-state index is 5.14. The normalized spacial score (nSPS) is 11.2. The van der Waals surface area contributed by atoms with Gasteiger partial charge in [0, 0.05) is 6.21 Å². The van der Waals surface area contributed by atoms with Gasteiger partial charge in [0.2, 0.25) is 0 Å². The second kappa shape index (κ2) is 7.83. The molecule has 0 spiro atoms. The molecule has 0 aliphatic heterocycles. The zero-order valence-electron chi connectivity index (χ0n) is 13.3. The number of hydrogen-bond donors (Lipinski definition) is 0. The Kier molecular flexibility index (Phi) is 5.10. The van der Waals surface area contributed by atoms with E-state index in [2.05, 4.69) is 15.2 Å². The van der Waals surface area contributed by atoms with Crippen molar-refractivity contribution >= 4 is 23.3 Å². The summed E-state index contributed by atoms with van der Waals surface area (Å²) in [6.07, 6.45) is 1.82. The summed E-state index contributed by atoms with van der Waals surface area (Å²) < 4.78 is 5.14. The summed E-state index contributed by atoms with van der Waals surface area (Å²) in [7, 11) is 1.65. The van der Waals surface area contributed by atoms with E-state index in [-0.39, 0.29) is 0 Å². The molecule has 0 unspecified atom stereocenters. The average Bonchev–Trinajstić information content (AvgIpc) is 2.67. The van der Waals surface area contributed by atoms with E-state index in [1.54, 1.807) is 7.11 Å². The number of ether oxygens (including phenoxy) is 1. The first kappa shape index (κ1) is 15.6. The van der Waals surface area contributed by atoms with Gasteiger partial charge in [-0.05, 0) is 66.2 Å². The van der Waals surface area contributed by atoms with Crippen molar-refractivity contribution in [2.45, 2.75) is 0 Å². The molecule has 3 rings (SSSR count). The summed E-state index contributed by atoms with van der Waals surface area (Å²) in [4.78, 5) is 4.45. The molecule has 0 saturated heterocycles. The molecule has 24 heavy (non-hydrogen) atoms. The molecule has 0 fully saturated rings. The number of azo groups is 1. The summed E-state index contributed by atoms with van der Waals surface area (Å²) in [6.45, 7) is 0. The predicted molar refractivity (Wildman–Crippen MR) is 97.3 cm³/mol. The van der Waals surface area contributed by atoms with E-state index in [1.165, 1.54) is 0 Å². The van der Waals surface area contributed by atoms with Crippen molar-refractivity contribution in [1.29, 1.82) is 0 Å². The standard InChI is InChI=1S/C20H17N3O/c1-24-20-13-7-16(8-14-20)15-21-17-9-11-19(12-10-17)23-22-18-5-3-2-4-6-18/h2-15H,1H3/b21-15+,23-22+. The molecule has 3 aromatic carbocycles. The molecule has 0 aliphatic carbocycles.